The van der Waals surface area contributed by atoms with Gasteiger partial charge < -0.3 is 5.32 Å². The molecule has 0 aliphatic heterocycles. The largest absolute Gasteiger partial charge is 0.340 e. The summed E-state index contributed by atoms with van der Waals surface area (Å²) >= 11 is 0. The van der Waals surface area contributed by atoms with Crippen LogP contribution in [0.15, 0.2) is 72.8 Å². The molecule has 0 aromatic heterocycles. The second kappa shape index (κ2) is 8.53. The van der Waals surface area contributed by atoms with Crippen LogP contribution in [0.2, 0.25) is 0 Å². The van der Waals surface area contributed by atoms with Crippen molar-refractivity contribution < 1.29 is 13.2 Å². The summed E-state index contributed by atoms with van der Waals surface area (Å²) in [6.07, 6.45) is 1.35. The van der Waals surface area contributed by atoms with E-state index in [1.54, 1.807) is 6.07 Å². The fourth-order valence-electron chi connectivity index (χ4n) is 4.29. The van der Waals surface area contributed by atoms with Gasteiger partial charge in [0.05, 0.1) is 5.56 Å². The molecule has 34 heavy (non-hydrogen) atoms. The predicted molar refractivity (Wildman–Crippen MR) is 125 cm³/mol. The minimum atomic E-state index is -0.610. The summed E-state index contributed by atoms with van der Waals surface area (Å²) in [6, 6.07) is 21.0. The third-order valence-electron chi connectivity index (χ3n) is 6.06. The van der Waals surface area contributed by atoms with E-state index in [0.29, 0.717) is 28.8 Å². The van der Waals surface area contributed by atoms with Gasteiger partial charge in [0.2, 0.25) is 0 Å². The van der Waals surface area contributed by atoms with E-state index in [2.05, 4.69) is 5.32 Å². The average molecular weight is 453 g/mol. The fourth-order valence-corrected chi connectivity index (χ4v) is 4.29. The van der Waals surface area contributed by atoms with E-state index >= 15 is 0 Å². The number of nitrogens with one attached hydrogen (secondary N) is 2. The van der Waals surface area contributed by atoms with Crippen molar-refractivity contribution in [2.24, 2.45) is 0 Å². The molecule has 166 valence electrons. The minimum absolute atomic E-state index is 0.0896. The zero-order valence-electron chi connectivity index (χ0n) is 17.9. The molecule has 0 fully saturated rings. The summed E-state index contributed by atoms with van der Waals surface area (Å²) in [4.78, 5) is 0. The predicted octanol–water partition coefficient (Wildman–Crippen LogP) is 6.58. The molecule has 4 aromatic rings. The standard InChI is InChI=1S/C28H18F3N3/c29-23-5-7-25(27(31)14-23)18-3-1-16-9-17-2-4-19(11-21(17)12-20(16)10-18)28(33)34-24-6-8-26(30)22(13-24)15-32/h1-8,10-11,13-14H,9,12H2,(H2,33,34). The number of nitriles is 1. The Morgan fingerprint density at radius 3 is 2.26 bits per heavy atom. The molecule has 3 nitrogen and oxygen atoms in total. The lowest BCUT2D eigenvalue weighted by Gasteiger charge is -2.22. The van der Waals surface area contributed by atoms with Gasteiger partial charge in [-0.05, 0) is 77.1 Å². The van der Waals surface area contributed by atoms with Crippen LogP contribution in [0.3, 0.4) is 0 Å². The molecular weight excluding hydrogens is 435 g/mol. The lowest BCUT2D eigenvalue weighted by atomic mass is 9.83. The SMILES string of the molecule is N#Cc1cc(NC(=N)c2ccc3c(c2)Cc2cc(-c4ccc(F)cc4F)ccc2C3)ccc1F. The highest BCUT2D eigenvalue weighted by atomic mass is 19.1. The van der Waals surface area contributed by atoms with Crippen LogP contribution in [0.5, 0.6) is 0 Å². The lowest BCUT2D eigenvalue weighted by Crippen LogP contribution is -2.14. The number of benzene rings is 4. The average Bonchev–Trinajstić information content (AvgIpc) is 2.83. The first-order valence-corrected chi connectivity index (χ1v) is 10.7. The Bertz CT molecular complexity index is 1500. The van der Waals surface area contributed by atoms with E-state index in [9.17, 15) is 13.2 Å². The number of hydrogen-bond acceptors (Lipinski definition) is 2. The Morgan fingerprint density at radius 2 is 1.50 bits per heavy atom. The molecule has 1 aliphatic carbocycles. The van der Waals surface area contributed by atoms with E-state index in [0.717, 1.165) is 34.7 Å². The highest BCUT2D eigenvalue weighted by Gasteiger charge is 2.18. The van der Waals surface area contributed by atoms with Crippen LogP contribution in [0, 0.1) is 34.2 Å². The Hall–Kier alpha value is -4.37. The lowest BCUT2D eigenvalue weighted by molar-refractivity contribution is 0.585. The molecule has 0 bridgehead atoms. The first-order chi connectivity index (χ1) is 16.4. The third-order valence-corrected chi connectivity index (χ3v) is 6.06. The van der Waals surface area contributed by atoms with Gasteiger partial charge in [-0.3, -0.25) is 5.41 Å². The molecule has 0 amide bonds. The number of rotatable bonds is 3. The quantitative estimate of drug-likeness (QED) is 0.240. The number of nitrogens with zero attached hydrogens (tertiary/aromatic N) is 1. The van der Waals surface area contributed by atoms with Crippen molar-refractivity contribution >= 4 is 11.5 Å². The summed E-state index contributed by atoms with van der Waals surface area (Å²) < 4.78 is 41.2. The number of halogens is 3. The molecule has 0 atom stereocenters. The third kappa shape index (κ3) is 4.04. The minimum Gasteiger partial charge on any atom is -0.340 e. The first-order valence-electron chi connectivity index (χ1n) is 10.7. The molecule has 0 spiro atoms. The van der Waals surface area contributed by atoms with Crippen LogP contribution in [0.4, 0.5) is 18.9 Å². The van der Waals surface area contributed by atoms with Crippen molar-refractivity contribution in [3.05, 3.63) is 124 Å². The van der Waals surface area contributed by atoms with Gasteiger partial charge in [0.25, 0.3) is 0 Å². The summed E-state index contributed by atoms with van der Waals surface area (Å²) in [6.45, 7) is 0. The van der Waals surface area contributed by atoms with E-state index in [4.69, 9.17) is 10.7 Å². The van der Waals surface area contributed by atoms with Crippen LogP contribution < -0.4 is 5.32 Å². The highest BCUT2D eigenvalue weighted by molar-refractivity contribution is 6.06. The van der Waals surface area contributed by atoms with Gasteiger partial charge in [-0.15, -0.1) is 0 Å². The van der Waals surface area contributed by atoms with Gasteiger partial charge >= 0.3 is 0 Å². The maximum absolute atomic E-state index is 14.3. The Labute approximate surface area is 194 Å². The van der Waals surface area contributed by atoms with E-state index in [1.807, 2.05) is 36.4 Å². The molecule has 1 aliphatic rings. The van der Waals surface area contributed by atoms with Crippen molar-refractivity contribution in [2.45, 2.75) is 12.8 Å². The molecule has 4 aromatic carbocycles. The normalized spacial score (nSPS) is 11.8. The summed E-state index contributed by atoms with van der Waals surface area (Å²) in [7, 11) is 0. The summed E-state index contributed by atoms with van der Waals surface area (Å²) in [5.41, 5.74) is 6.48. The second-order valence-electron chi connectivity index (χ2n) is 8.25. The van der Waals surface area contributed by atoms with Gasteiger partial charge in [0.1, 0.15) is 29.4 Å². The van der Waals surface area contributed by atoms with Crippen molar-refractivity contribution in [1.29, 1.82) is 10.7 Å². The van der Waals surface area contributed by atoms with Crippen molar-refractivity contribution in [3.63, 3.8) is 0 Å². The topological polar surface area (TPSA) is 59.7 Å². The molecule has 0 radical (unpaired) electrons. The maximum atomic E-state index is 14.3. The number of anilines is 1. The monoisotopic (exact) mass is 453 g/mol. The van der Waals surface area contributed by atoms with Crippen LogP contribution >= 0.6 is 0 Å². The smallest absolute Gasteiger partial charge is 0.141 e. The van der Waals surface area contributed by atoms with Gasteiger partial charge in [-0.2, -0.15) is 5.26 Å². The Morgan fingerprint density at radius 1 is 0.765 bits per heavy atom. The van der Waals surface area contributed by atoms with Gasteiger partial charge in [-0.1, -0.05) is 30.3 Å². The first kappa shape index (κ1) is 21.5. The van der Waals surface area contributed by atoms with Gasteiger partial charge in [0, 0.05) is 22.9 Å². The Kier molecular flexibility index (Phi) is 5.39. The molecule has 0 unspecified atom stereocenters. The van der Waals surface area contributed by atoms with Gasteiger partial charge in [0.15, 0.2) is 0 Å². The molecule has 5 rings (SSSR count). The molecule has 0 heterocycles. The van der Waals surface area contributed by atoms with Crippen LogP contribution in [-0.2, 0) is 12.8 Å². The fraction of sp³-hybridized carbons (Fsp3) is 0.0714. The molecule has 0 saturated carbocycles. The van der Waals surface area contributed by atoms with Crippen LogP contribution in [0.25, 0.3) is 11.1 Å². The summed E-state index contributed by atoms with van der Waals surface area (Å²) in [5, 5.41) is 20.4. The highest BCUT2D eigenvalue weighted by Crippen LogP contribution is 2.32. The van der Waals surface area contributed by atoms with E-state index < -0.39 is 17.5 Å². The summed E-state index contributed by atoms with van der Waals surface area (Å²) in [5.74, 6) is -1.68. The second-order valence-corrected chi connectivity index (χ2v) is 8.25. The zero-order chi connectivity index (χ0) is 23.8. The van der Waals surface area contributed by atoms with Crippen LogP contribution in [0.1, 0.15) is 33.4 Å². The number of fused-ring (bicyclic) bond motifs is 2. The molecule has 0 saturated heterocycles. The number of amidine groups is 1. The molecule has 6 heteroatoms. The van der Waals surface area contributed by atoms with Crippen molar-refractivity contribution in [1.82, 2.24) is 0 Å². The number of hydrogen-bond donors (Lipinski definition) is 2. The van der Waals surface area contributed by atoms with Gasteiger partial charge in [-0.25, -0.2) is 13.2 Å². The maximum Gasteiger partial charge on any atom is 0.141 e. The van der Waals surface area contributed by atoms with Crippen molar-refractivity contribution in [2.75, 3.05) is 5.32 Å². The van der Waals surface area contributed by atoms with Crippen molar-refractivity contribution in [3.8, 4) is 17.2 Å². The van der Waals surface area contributed by atoms with E-state index in [1.165, 1.54) is 30.3 Å². The van der Waals surface area contributed by atoms with Crippen LogP contribution in [-0.4, -0.2) is 5.84 Å². The Balaban J connectivity index is 1.40. The molecule has 2 N–H and O–H groups in total. The zero-order valence-corrected chi connectivity index (χ0v) is 17.9. The molecular formula is C28H18F3N3. The van der Waals surface area contributed by atoms with E-state index in [-0.39, 0.29) is 11.4 Å².